The number of nitrogens with zero attached hydrogens (tertiary/aromatic N) is 3. The zero-order chi connectivity index (χ0) is 23.3. The van der Waals surface area contributed by atoms with E-state index < -0.39 is 0 Å². The average molecular weight is 461 g/mol. The summed E-state index contributed by atoms with van der Waals surface area (Å²) in [4.78, 5) is 0. The molecule has 0 spiro atoms. The summed E-state index contributed by atoms with van der Waals surface area (Å²) in [7, 11) is 9.29. The number of benzene rings is 2. The average Bonchev–Trinajstić information content (AvgIpc) is 3.20. The van der Waals surface area contributed by atoms with Gasteiger partial charge in [-0.3, -0.25) is 0 Å². The number of methoxy groups -OCH3 is 6. The second-order valence-electron chi connectivity index (χ2n) is 6.27. The normalized spacial score (nSPS) is 10.8. The van der Waals surface area contributed by atoms with Crippen LogP contribution in [0.25, 0.3) is 11.4 Å². The second kappa shape index (κ2) is 10.1. The third kappa shape index (κ3) is 4.33. The minimum Gasteiger partial charge on any atom is -0.496 e. The highest BCUT2D eigenvalue weighted by Crippen LogP contribution is 2.41. The predicted octanol–water partition coefficient (Wildman–Crippen LogP) is 3.54. The fourth-order valence-corrected chi connectivity index (χ4v) is 3.25. The lowest BCUT2D eigenvalue weighted by molar-refractivity contribution is 0.324. The Hall–Kier alpha value is -3.73. The molecule has 3 aromatic rings. The van der Waals surface area contributed by atoms with Crippen LogP contribution in [-0.4, -0.2) is 63.7 Å². The molecule has 2 aromatic carbocycles. The van der Waals surface area contributed by atoms with Crippen LogP contribution in [0.2, 0.25) is 0 Å². The molecular weight excluding hydrogens is 436 g/mol. The molecule has 170 valence electrons. The van der Waals surface area contributed by atoms with Gasteiger partial charge < -0.3 is 28.4 Å². The first-order valence-corrected chi connectivity index (χ1v) is 9.74. The van der Waals surface area contributed by atoms with Crippen LogP contribution in [-0.2, 0) is 0 Å². The van der Waals surface area contributed by atoms with Gasteiger partial charge in [0.1, 0.15) is 17.2 Å². The lowest BCUT2D eigenvalue weighted by Gasteiger charge is -2.14. The molecular formula is C21H24N4O6S. The smallest absolute Gasteiger partial charge is 0.216 e. The zero-order valence-corrected chi connectivity index (χ0v) is 19.4. The van der Waals surface area contributed by atoms with Crippen LogP contribution in [0.1, 0.15) is 5.56 Å². The highest BCUT2D eigenvalue weighted by atomic mass is 32.1. The second-order valence-corrected chi connectivity index (χ2v) is 6.66. The SMILES string of the molecule is COc1cc(OC)c(/C=N/n2c(-c3cc(OC)c(OC)c(OC)c3)n[nH]c2=S)c(OC)c1. The largest absolute Gasteiger partial charge is 0.496 e. The van der Waals surface area contributed by atoms with Gasteiger partial charge >= 0.3 is 0 Å². The molecule has 1 heterocycles. The van der Waals surface area contributed by atoms with Crippen molar-refractivity contribution >= 4 is 18.4 Å². The van der Waals surface area contributed by atoms with Gasteiger partial charge in [0.05, 0.1) is 54.4 Å². The van der Waals surface area contributed by atoms with E-state index in [1.807, 2.05) is 0 Å². The number of H-pyrrole nitrogens is 1. The Labute approximate surface area is 190 Å². The molecule has 0 unspecified atom stereocenters. The topological polar surface area (TPSA) is 101 Å². The summed E-state index contributed by atoms with van der Waals surface area (Å²) in [5.41, 5.74) is 1.26. The molecule has 0 amide bonds. The van der Waals surface area contributed by atoms with E-state index in [4.69, 9.17) is 40.6 Å². The third-order valence-electron chi connectivity index (χ3n) is 4.63. The quantitative estimate of drug-likeness (QED) is 0.382. The summed E-state index contributed by atoms with van der Waals surface area (Å²) in [5, 5.41) is 11.6. The Morgan fingerprint density at radius 3 is 1.84 bits per heavy atom. The first kappa shape index (κ1) is 22.9. The van der Waals surface area contributed by atoms with Gasteiger partial charge in [-0.25, -0.2) is 5.10 Å². The van der Waals surface area contributed by atoms with Gasteiger partial charge in [-0.1, -0.05) is 0 Å². The van der Waals surface area contributed by atoms with Crippen molar-refractivity contribution in [2.45, 2.75) is 0 Å². The van der Waals surface area contributed by atoms with E-state index in [0.717, 1.165) is 0 Å². The fourth-order valence-electron chi connectivity index (χ4n) is 3.07. The number of rotatable bonds is 9. The van der Waals surface area contributed by atoms with Crippen molar-refractivity contribution in [2.24, 2.45) is 5.10 Å². The van der Waals surface area contributed by atoms with Crippen molar-refractivity contribution in [3.8, 4) is 45.9 Å². The Kier molecular flexibility index (Phi) is 7.21. The first-order chi connectivity index (χ1) is 15.5. The van der Waals surface area contributed by atoms with Gasteiger partial charge in [0.25, 0.3) is 0 Å². The monoisotopic (exact) mass is 460 g/mol. The minimum atomic E-state index is 0.288. The van der Waals surface area contributed by atoms with Gasteiger partial charge in [0, 0.05) is 17.7 Å². The van der Waals surface area contributed by atoms with E-state index in [-0.39, 0.29) is 4.77 Å². The molecule has 3 rings (SSSR count). The van der Waals surface area contributed by atoms with Crippen molar-refractivity contribution in [2.75, 3.05) is 42.7 Å². The number of aromatic nitrogens is 3. The number of hydrogen-bond acceptors (Lipinski definition) is 9. The van der Waals surface area contributed by atoms with Crippen molar-refractivity contribution in [1.29, 1.82) is 0 Å². The van der Waals surface area contributed by atoms with Gasteiger partial charge in [-0.05, 0) is 24.4 Å². The molecule has 0 aliphatic carbocycles. The Morgan fingerprint density at radius 1 is 0.812 bits per heavy atom. The molecule has 1 aromatic heterocycles. The summed E-state index contributed by atoms with van der Waals surface area (Å²) in [6, 6.07) is 6.98. The highest BCUT2D eigenvalue weighted by Gasteiger charge is 2.18. The minimum absolute atomic E-state index is 0.288. The summed E-state index contributed by atoms with van der Waals surface area (Å²) >= 11 is 5.38. The summed E-state index contributed by atoms with van der Waals surface area (Å²) in [6.45, 7) is 0. The van der Waals surface area contributed by atoms with Crippen LogP contribution in [0.4, 0.5) is 0 Å². The van der Waals surface area contributed by atoms with E-state index in [2.05, 4.69) is 15.3 Å². The third-order valence-corrected chi connectivity index (χ3v) is 4.89. The molecule has 11 heteroatoms. The molecule has 32 heavy (non-hydrogen) atoms. The van der Waals surface area contributed by atoms with Crippen LogP contribution in [0.5, 0.6) is 34.5 Å². The molecule has 0 saturated carbocycles. The van der Waals surface area contributed by atoms with E-state index in [1.165, 1.54) is 11.8 Å². The van der Waals surface area contributed by atoms with Crippen molar-refractivity contribution < 1.29 is 28.4 Å². The van der Waals surface area contributed by atoms with E-state index in [9.17, 15) is 0 Å². The molecule has 0 atom stereocenters. The van der Waals surface area contributed by atoms with Crippen LogP contribution in [0.3, 0.4) is 0 Å². The van der Waals surface area contributed by atoms with Crippen LogP contribution in [0.15, 0.2) is 29.4 Å². The number of nitrogens with one attached hydrogen (secondary N) is 1. The molecule has 0 aliphatic heterocycles. The Morgan fingerprint density at radius 2 is 1.38 bits per heavy atom. The van der Waals surface area contributed by atoms with Gasteiger partial charge in [0.15, 0.2) is 17.3 Å². The maximum atomic E-state index is 5.47. The van der Waals surface area contributed by atoms with Crippen LogP contribution >= 0.6 is 12.2 Å². The Bertz CT molecular complexity index is 1140. The van der Waals surface area contributed by atoms with E-state index in [1.54, 1.807) is 66.0 Å². The summed E-state index contributed by atoms with van der Waals surface area (Å²) in [6.07, 6.45) is 1.57. The summed E-state index contributed by atoms with van der Waals surface area (Å²) < 4.78 is 34.3. The predicted molar refractivity (Wildman–Crippen MR) is 122 cm³/mol. The maximum Gasteiger partial charge on any atom is 0.216 e. The van der Waals surface area contributed by atoms with Crippen molar-refractivity contribution in [3.05, 3.63) is 34.6 Å². The zero-order valence-electron chi connectivity index (χ0n) is 18.6. The number of ether oxygens (including phenoxy) is 6. The van der Waals surface area contributed by atoms with Crippen LogP contribution < -0.4 is 28.4 Å². The van der Waals surface area contributed by atoms with Gasteiger partial charge in [-0.15, -0.1) is 0 Å². The van der Waals surface area contributed by atoms with Gasteiger partial charge in [-0.2, -0.15) is 14.9 Å². The van der Waals surface area contributed by atoms with Crippen molar-refractivity contribution in [1.82, 2.24) is 14.9 Å². The van der Waals surface area contributed by atoms with E-state index in [0.29, 0.717) is 51.4 Å². The molecule has 0 fully saturated rings. The summed E-state index contributed by atoms with van der Waals surface area (Å²) in [5.74, 6) is 3.50. The van der Waals surface area contributed by atoms with Crippen LogP contribution in [0, 0.1) is 4.77 Å². The van der Waals surface area contributed by atoms with Crippen molar-refractivity contribution in [3.63, 3.8) is 0 Å². The lowest BCUT2D eigenvalue weighted by atomic mass is 10.1. The molecule has 1 N–H and O–H groups in total. The number of aromatic amines is 1. The molecule has 0 saturated heterocycles. The first-order valence-electron chi connectivity index (χ1n) is 9.33. The van der Waals surface area contributed by atoms with E-state index >= 15 is 0 Å². The Balaban J connectivity index is 2.13. The maximum absolute atomic E-state index is 5.47. The molecule has 0 radical (unpaired) electrons. The highest BCUT2D eigenvalue weighted by molar-refractivity contribution is 7.71. The number of hydrogen-bond donors (Lipinski definition) is 1. The van der Waals surface area contributed by atoms with Gasteiger partial charge in [0.2, 0.25) is 10.5 Å². The molecule has 0 bridgehead atoms. The molecule has 10 nitrogen and oxygen atoms in total. The standard InChI is InChI=1S/C21H24N4O6S/c1-26-13-9-15(27-2)14(16(10-13)28-3)11-22-25-20(23-24-21(25)32)12-7-17(29-4)19(31-6)18(8-12)30-5/h7-11H,1-6H3,(H,24,32)/b22-11+. The lowest BCUT2D eigenvalue weighted by Crippen LogP contribution is -2.01. The fraction of sp³-hybridized carbons (Fsp3) is 0.286. The molecule has 0 aliphatic rings.